The monoisotopic (exact) mass is 368 g/mol. The van der Waals surface area contributed by atoms with Gasteiger partial charge in [-0.3, -0.25) is 14.5 Å². The molecule has 0 unspecified atom stereocenters. The molecule has 1 amide bonds. The first kappa shape index (κ1) is 19.3. The van der Waals surface area contributed by atoms with E-state index in [0.29, 0.717) is 18.9 Å². The number of nitrogens with one attached hydrogen (secondary N) is 1. The van der Waals surface area contributed by atoms with E-state index in [1.807, 2.05) is 55.1 Å². The van der Waals surface area contributed by atoms with Crippen molar-refractivity contribution in [3.63, 3.8) is 0 Å². The van der Waals surface area contributed by atoms with Gasteiger partial charge in [0, 0.05) is 25.1 Å². The lowest BCUT2D eigenvalue weighted by atomic mass is 9.92. The minimum Gasteiger partial charge on any atom is -0.341 e. The minimum atomic E-state index is -0.275. The normalized spacial score (nSPS) is 16.6. The predicted molar refractivity (Wildman–Crippen MR) is 106 cm³/mol. The number of hydrogen-bond donors (Lipinski definition) is 1. The van der Waals surface area contributed by atoms with Gasteiger partial charge >= 0.3 is 0 Å². The summed E-state index contributed by atoms with van der Waals surface area (Å²) in [4.78, 5) is 36.1. The van der Waals surface area contributed by atoms with Crippen molar-refractivity contribution in [2.45, 2.75) is 38.6 Å². The fourth-order valence-corrected chi connectivity index (χ4v) is 3.91. The highest BCUT2D eigenvalue weighted by Crippen LogP contribution is 2.30. The predicted octanol–water partition coefficient (Wildman–Crippen LogP) is 2.40. The topological polar surface area (TPSA) is 69.3 Å². The number of carbonyl (C=O) groups excluding carboxylic acids is 1. The van der Waals surface area contributed by atoms with Crippen LogP contribution < -0.4 is 5.56 Å². The highest BCUT2D eigenvalue weighted by atomic mass is 16.2. The maximum absolute atomic E-state index is 13.3. The molecule has 27 heavy (non-hydrogen) atoms. The Balaban J connectivity index is 1.73. The first-order chi connectivity index (χ1) is 12.9. The Morgan fingerprint density at radius 3 is 2.48 bits per heavy atom. The van der Waals surface area contributed by atoms with Gasteiger partial charge in [0.15, 0.2) is 0 Å². The molecular formula is C21H28N4O2. The summed E-state index contributed by atoms with van der Waals surface area (Å²) in [6, 6.07) is 9.38. The van der Waals surface area contributed by atoms with Crippen LogP contribution in [0.25, 0.3) is 0 Å². The Morgan fingerprint density at radius 1 is 1.22 bits per heavy atom. The van der Waals surface area contributed by atoms with Crippen molar-refractivity contribution in [3.05, 3.63) is 63.3 Å². The Bertz CT molecular complexity index is 866. The first-order valence-corrected chi connectivity index (χ1v) is 9.45. The van der Waals surface area contributed by atoms with E-state index in [2.05, 4.69) is 9.97 Å². The molecule has 1 aliphatic heterocycles. The molecule has 1 aliphatic rings. The van der Waals surface area contributed by atoms with Crippen molar-refractivity contribution in [3.8, 4) is 0 Å². The van der Waals surface area contributed by atoms with Gasteiger partial charge in [-0.2, -0.15) is 0 Å². The molecule has 1 atom stereocenters. The van der Waals surface area contributed by atoms with E-state index in [9.17, 15) is 9.59 Å². The van der Waals surface area contributed by atoms with E-state index in [0.717, 1.165) is 29.7 Å². The molecule has 1 fully saturated rings. The number of amides is 1. The van der Waals surface area contributed by atoms with E-state index in [-0.39, 0.29) is 23.4 Å². The van der Waals surface area contributed by atoms with Gasteiger partial charge < -0.3 is 9.88 Å². The van der Waals surface area contributed by atoms with E-state index in [4.69, 9.17) is 0 Å². The molecule has 1 aromatic heterocycles. The molecule has 1 N–H and O–H groups in total. The number of carbonyl (C=O) groups is 1. The van der Waals surface area contributed by atoms with Gasteiger partial charge in [-0.1, -0.05) is 24.3 Å². The fraction of sp³-hybridized carbons (Fsp3) is 0.476. The summed E-state index contributed by atoms with van der Waals surface area (Å²) in [7, 11) is 3.90. The van der Waals surface area contributed by atoms with E-state index < -0.39 is 0 Å². The summed E-state index contributed by atoms with van der Waals surface area (Å²) < 4.78 is 0. The van der Waals surface area contributed by atoms with E-state index >= 15 is 0 Å². The highest BCUT2D eigenvalue weighted by molar-refractivity contribution is 5.83. The van der Waals surface area contributed by atoms with Crippen LogP contribution in [-0.2, 0) is 4.79 Å². The quantitative estimate of drug-likeness (QED) is 0.900. The molecule has 0 aliphatic carbocycles. The SMILES string of the molecule is Cc1nc(C2CCN(C(=O)[C@H](c3ccccc3C)N(C)C)CC2)cc(=O)[nH]1. The number of nitrogens with zero attached hydrogens (tertiary/aromatic N) is 3. The van der Waals surface area contributed by atoms with Crippen LogP contribution in [0.2, 0.25) is 0 Å². The maximum Gasteiger partial charge on any atom is 0.251 e. The fourth-order valence-electron chi connectivity index (χ4n) is 3.91. The number of H-pyrrole nitrogens is 1. The van der Waals surface area contributed by atoms with Gasteiger partial charge in [0.2, 0.25) is 5.91 Å². The number of rotatable bonds is 4. The van der Waals surface area contributed by atoms with Gasteiger partial charge in [0.25, 0.3) is 5.56 Å². The molecule has 0 spiro atoms. The molecule has 6 nitrogen and oxygen atoms in total. The van der Waals surface area contributed by atoms with Crippen LogP contribution in [0.4, 0.5) is 0 Å². The highest BCUT2D eigenvalue weighted by Gasteiger charge is 2.32. The Labute approximate surface area is 160 Å². The van der Waals surface area contributed by atoms with Crippen LogP contribution in [0.5, 0.6) is 0 Å². The lowest BCUT2D eigenvalue weighted by molar-refractivity contribution is -0.137. The summed E-state index contributed by atoms with van der Waals surface area (Å²) in [5.74, 6) is 1.01. The van der Waals surface area contributed by atoms with Crippen molar-refractivity contribution >= 4 is 5.91 Å². The first-order valence-electron chi connectivity index (χ1n) is 9.45. The summed E-state index contributed by atoms with van der Waals surface area (Å²) >= 11 is 0. The number of benzene rings is 1. The van der Waals surface area contributed by atoms with Crippen LogP contribution in [0, 0.1) is 13.8 Å². The molecule has 1 saturated heterocycles. The largest absolute Gasteiger partial charge is 0.341 e. The van der Waals surface area contributed by atoms with Crippen molar-refractivity contribution in [1.82, 2.24) is 19.8 Å². The van der Waals surface area contributed by atoms with E-state index in [1.165, 1.54) is 0 Å². The standard InChI is InChI=1S/C21H28N4O2/c1-14-7-5-6-8-17(14)20(24(3)4)21(27)25-11-9-16(10-12-25)18-13-19(26)23-15(2)22-18/h5-8,13,16,20H,9-12H2,1-4H3,(H,22,23,26)/t20-/m0/s1. The third-order valence-corrected chi connectivity index (χ3v) is 5.34. The molecule has 3 rings (SSSR count). The molecular weight excluding hydrogens is 340 g/mol. The molecule has 0 radical (unpaired) electrons. The smallest absolute Gasteiger partial charge is 0.251 e. The van der Waals surface area contributed by atoms with Crippen molar-refractivity contribution in [2.75, 3.05) is 27.2 Å². The Kier molecular flexibility index (Phi) is 5.75. The number of aromatic amines is 1. The van der Waals surface area contributed by atoms with Gasteiger partial charge in [0.05, 0.1) is 5.69 Å². The maximum atomic E-state index is 13.3. The summed E-state index contributed by atoms with van der Waals surface area (Å²) in [6.07, 6.45) is 1.66. The molecule has 1 aromatic carbocycles. The van der Waals surface area contributed by atoms with Crippen LogP contribution in [0.15, 0.2) is 35.1 Å². The third-order valence-electron chi connectivity index (χ3n) is 5.34. The second kappa shape index (κ2) is 8.05. The molecule has 0 saturated carbocycles. The van der Waals surface area contributed by atoms with Crippen LogP contribution in [0.3, 0.4) is 0 Å². The summed E-state index contributed by atoms with van der Waals surface area (Å²) in [6.45, 7) is 5.22. The molecule has 0 bridgehead atoms. The van der Waals surface area contributed by atoms with Crippen molar-refractivity contribution in [1.29, 1.82) is 0 Å². The zero-order valence-corrected chi connectivity index (χ0v) is 16.5. The van der Waals surface area contributed by atoms with Crippen molar-refractivity contribution < 1.29 is 4.79 Å². The third kappa shape index (κ3) is 4.27. The second-order valence-corrected chi connectivity index (χ2v) is 7.58. The van der Waals surface area contributed by atoms with Gasteiger partial charge in [-0.05, 0) is 51.9 Å². The zero-order chi connectivity index (χ0) is 19.6. The van der Waals surface area contributed by atoms with Crippen molar-refractivity contribution in [2.24, 2.45) is 0 Å². The molecule has 2 heterocycles. The van der Waals surface area contributed by atoms with E-state index in [1.54, 1.807) is 13.0 Å². The van der Waals surface area contributed by atoms with Gasteiger partial charge in [-0.25, -0.2) is 4.98 Å². The molecule has 2 aromatic rings. The molecule has 144 valence electrons. The number of piperidine rings is 1. The zero-order valence-electron chi connectivity index (χ0n) is 16.5. The van der Waals surface area contributed by atoms with Crippen LogP contribution in [0.1, 0.15) is 47.4 Å². The average molecular weight is 368 g/mol. The number of aryl methyl sites for hydroxylation is 2. The second-order valence-electron chi connectivity index (χ2n) is 7.58. The van der Waals surface area contributed by atoms with Gasteiger partial charge in [0.1, 0.15) is 11.9 Å². The Hall–Kier alpha value is -2.47. The number of likely N-dealkylation sites (tertiary alicyclic amines) is 1. The summed E-state index contributed by atoms with van der Waals surface area (Å²) in [5.41, 5.74) is 2.92. The Morgan fingerprint density at radius 2 is 1.89 bits per heavy atom. The summed E-state index contributed by atoms with van der Waals surface area (Å²) in [5, 5.41) is 0. The number of aromatic nitrogens is 2. The molecule has 6 heteroatoms. The minimum absolute atomic E-state index is 0.108. The average Bonchev–Trinajstić information content (AvgIpc) is 2.62. The van der Waals surface area contributed by atoms with Crippen LogP contribution in [-0.4, -0.2) is 52.9 Å². The number of likely N-dealkylation sites (N-methyl/N-ethyl adjacent to an activating group) is 1. The van der Waals surface area contributed by atoms with Crippen LogP contribution >= 0.6 is 0 Å². The lowest BCUT2D eigenvalue weighted by Crippen LogP contribution is -2.44. The lowest BCUT2D eigenvalue weighted by Gasteiger charge is -2.36. The van der Waals surface area contributed by atoms with Gasteiger partial charge in [-0.15, -0.1) is 0 Å². The number of hydrogen-bond acceptors (Lipinski definition) is 4.